The molecule has 1 unspecified atom stereocenters. The first kappa shape index (κ1) is 23.2. The maximum Gasteiger partial charge on any atom is 0.227 e. The summed E-state index contributed by atoms with van der Waals surface area (Å²) in [6, 6.07) is 22.7. The summed E-state index contributed by atoms with van der Waals surface area (Å²) in [5.74, 6) is 2.20. The van der Waals surface area contributed by atoms with Crippen LogP contribution in [0.1, 0.15) is 47.7 Å². The number of benzene rings is 3. The molecule has 1 aromatic heterocycles. The lowest BCUT2D eigenvalue weighted by Gasteiger charge is -2.21. The molecule has 1 atom stereocenters. The topological polar surface area (TPSA) is 47.4 Å². The summed E-state index contributed by atoms with van der Waals surface area (Å²) >= 11 is 0. The SMILES string of the molecule is Cc1ccc(OCCCCn2c(C3CC(=O)N(c4c(C)cccc4C)C3)nc3ccccc32)cc1. The van der Waals surface area contributed by atoms with E-state index in [4.69, 9.17) is 9.72 Å². The average Bonchev–Trinajstić information content (AvgIpc) is 3.40. The summed E-state index contributed by atoms with van der Waals surface area (Å²) in [5.41, 5.74) is 6.70. The number of para-hydroxylation sites is 3. The Labute approximate surface area is 207 Å². The maximum absolute atomic E-state index is 13.1. The van der Waals surface area contributed by atoms with Crippen LogP contribution in [0.3, 0.4) is 0 Å². The van der Waals surface area contributed by atoms with Gasteiger partial charge in [-0.25, -0.2) is 4.98 Å². The third-order valence-corrected chi connectivity index (χ3v) is 6.95. The second-order valence-electron chi connectivity index (χ2n) is 9.62. The number of imidazole rings is 1. The number of carbonyl (C=O) groups excluding carboxylic acids is 1. The molecule has 1 saturated heterocycles. The van der Waals surface area contributed by atoms with Crippen molar-refractivity contribution in [2.75, 3.05) is 18.1 Å². The number of aryl methyl sites for hydroxylation is 4. The van der Waals surface area contributed by atoms with Crippen molar-refractivity contribution in [1.29, 1.82) is 0 Å². The zero-order valence-electron chi connectivity index (χ0n) is 20.8. The summed E-state index contributed by atoms with van der Waals surface area (Å²) in [5, 5.41) is 0. The minimum absolute atomic E-state index is 0.0812. The van der Waals surface area contributed by atoms with Crippen LogP contribution in [0.2, 0.25) is 0 Å². The van der Waals surface area contributed by atoms with Crippen LogP contribution in [-0.2, 0) is 11.3 Å². The van der Waals surface area contributed by atoms with Crippen molar-refractivity contribution in [3.63, 3.8) is 0 Å². The zero-order valence-corrected chi connectivity index (χ0v) is 20.8. The molecule has 5 rings (SSSR count). The van der Waals surface area contributed by atoms with Crippen molar-refractivity contribution in [1.82, 2.24) is 9.55 Å². The summed E-state index contributed by atoms with van der Waals surface area (Å²) in [4.78, 5) is 20.1. The van der Waals surface area contributed by atoms with Gasteiger partial charge >= 0.3 is 0 Å². The molecular weight excluding hydrogens is 434 g/mol. The van der Waals surface area contributed by atoms with Crippen LogP contribution in [0.5, 0.6) is 5.75 Å². The Morgan fingerprint density at radius 2 is 1.66 bits per heavy atom. The number of hydrogen-bond acceptors (Lipinski definition) is 3. The first-order chi connectivity index (χ1) is 17.0. The van der Waals surface area contributed by atoms with E-state index in [1.54, 1.807) is 0 Å². The highest BCUT2D eigenvalue weighted by Gasteiger charge is 2.35. The molecule has 0 saturated carbocycles. The van der Waals surface area contributed by atoms with E-state index in [1.165, 1.54) is 5.56 Å². The Morgan fingerprint density at radius 3 is 2.43 bits per heavy atom. The molecule has 0 radical (unpaired) electrons. The van der Waals surface area contributed by atoms with Gasteiger partial charge in [0.25, 0.3) is 0 Å². The minimum Gasteiger partial charge on any atom is -0.494 e. The fraction of sp³-hybridized carbons (Fsp3) is 0.333. The predicted octanol–water partition coefficient (Wildman–Crippen LogP) is 6.34. The first-order valence-corrected chi connectivity index (χ1v) is 12.5. The molecule has 1 fully saturated rings. The number of carbonyl (C=O) groups is 1. The van der Waals surface area contributed by atoms with Crippen molar-refractivity contribution in [2.45, 2.75) is 52.5 Å². The third-order valence-electron chi connectivity index (χ3n) is 6.95. The van der Waals surface area contributed by atoms with Gasteiger partial charge in [0.05, 0.1) is 17.6 Å². The summed E-state index contributed by atoms with van der Waals surface area (Å²) in [7, 11) is 0. The number of ether oxygens (including phenoxy) is 1. The highest BCUT2D eigenvalue weighted by atomic mass is 16.5. The van der Waals surface area contributed by atoms with Crippen LogP contribution < -0.4 is 9.64 Å². The fourth-order valence-electron chi connectivity index (χ4n) is 5.17. The van der Waals surface area contributed by atoms with Crippen LogP contribution in [0.15, 0.2) is 66.7 Å². The standard InChI is InChI=1S/C30H33N3O2/c1-21-13-15-25(16-14-21)35-18-7-6-17-32-27-12-5-4-11-26(27)31-30(32)24-19-28(34)33(20-24)29-22(2)9-8-10-23(29)3/h4-5,8-16,24H,6-7,17-20H2,1-3H3. The lowest BCUT2D eigenvalue weighted by molar-refractivity contribution is -0.117. The number of amides is 1. The molecule has 0 N–H and O–H groups in total. The van der Waals surface area contributed by atoms with E-state index in [2.05, 4.69) is 67.8 Å². The number of fused-ring (bicyclic) bond motifs is 1. The van der Waals surface area contributed by atoms with Crippen LogP contribution in [0, 0.1) is 20.8 Å². The fourth-order valence-corrected chi connectivity index (χ4v) is 5.17. The molecule has 1 aliphatic rings. The molecule has 2 heterocycles. The largest absolute Gasteiger partial charge is 0.494 e. The molecule has 0 bridgehead atoms. The monoisotopic (exact) mass is 467 g/mol. The predicted molar refractivity (Wildman–Crippen MR) is 141 cm³/mol. The smallest absolute Gasteiger partial charge is 0.227 e. The Hall–Kier alpha value is -3.60. The number of unbranched alkanes of at least 4 members (excludes halogenated alkanes) is 1. The van der Waals surface area contributed by atoms with Crippen LogP contribution in [0.4, 0.5) is 5.69 Å². The van der Waals surface area contributed by atoms with E-state index in [-0.39, 0.29) is 11.8 Å². The van der Waals surface area contributed by atoms with Gasteiger partial charge in [0, 0.05) is 31.1 Å². The van der Waals surface area contributed by atoms with E-state index in [1.807, 2.05) is 29.2 Å². The lowest BCUT2D eigenvalue weighted by Crippen LogP contribution is -2.26. The molecule has 5 nitrogen and oxygen atoms in total. The number of nitrogens with zero attached hydrogens (tertiary/aromatic N) is 3. The van der Waals surface area contributed by atoms with Crippen molar-refractivity contribution in [2.24, 2.45) is 0 Å². The van der Waals surface area contributed by atoms with E-state index < -0.39 is 0 Å². The van der Waals surface area contributed by atoms with Crippen LogP contribution in [0.25, 0.3) is 11.0 Å². The molecule has 180 valence electrons. The summed E-state index contributed by atoms with van der Waals surface area (Å²) in [6.07, 6.45) is 2.44. The lowest BCUT2D eigenvalue weighted by atomic mass is 10.1. The third kappa shape index (κ3) is 4.81. The summed E-state index contributed by atoms with van der Waals surface area (Å²) < 4.78 is 8.25. The molecule has 1 aliphatic heterocycles. The van der Waals surface area contributed by atoms with Gasteiger partial charge in [0.15, 0.2) is 0 Å². The molecule has 35 heavy (non-hydrogen) atoms. The molecule has 4 aromatic rings. The van der Waals surface area contributed by atoms with Gasteiger partial charge in [-0.15, -0.1) is 0 Å². The van der Waals surface area contributed by atoms with Crippen LogP contribution >= 0.6 is 0 Å². The van der Waals surface area contributed by atoms with E-state index in [0.29, 0.717) is 19.6 Å². The number of anilines is 1. The quantitative estimate of drug-likeness (QED) is 0.284. The zero-order chi connectivity index (χ0) is 24.4. The number of rotatable bonds is 8. The Morgan fingerprint density at radius 1 is 0.914 bits per heavy atom. The van der Waals surface area contributed by atoms with Gasteiger partial charge in [0.2, 0.25) is 5.91 Å². The van der Waals surface area contributed by atoms with Crippen LogP contribution in [-0.4, -0.2) is 28.6 Å². The maximum atomic E-state index is 13.1. The van der Waals surface area contributed by atoms with E-state index in [9.17, 15) is 4.79 Å². The molecule has 0 aliphatic carbocycles. The molecule has 0 spiro atoms. The highest BCUT2D eigenvalue weighted by Crippen LogP contribution is 2.36. The molecule has 5 heteroatoms. The second-order valence-corrected chi connectivity index (χ2v) is 9.62. The molecular formula is C30H33N3O2. The minimum atomic E-state index is 0.0812. The molecule has 3 aromatic carbocycles. The average molecular weight is 468 g/mol. The van der Waals surface area contributed by atoms with Crippen molar-refractivity contribution >= 4 is 22.6 Å². The Bertz CT molecular complexity index is 1320. The van der Waals surface area contributed by atoms with Gasteiger partial charge in [-0.3, -0.25) is 4.79 Å². The van der Waals surface area contributed by atoms with Gasteiger partial charge in [-0.1, -0.05) is 48.0 Å². The normalized spacial score (nSPS) is 15.8. The van der Waals surface area contributed by atoms with Gasteiger partial charge in [0.1, 0.15) is 11.6 Å². The Balaban J connectivity index is 1.31. The van der Waals surface area contributed by atoms with Crippen molar-refractivity contribution < 1.29 is 9.53 Å². The van der Waals surface area contributed by atoms with Gasteiger partial charge in [-0.05, 0) is 69.0 Å². The van der Waals surface area contributed by atoms with Gasteiger partial charge < -0.3 is 14.2 Å². The molecule has 1 amide bonds. The van der Waals surface area contributed by atoms with E-state index in [0.717, 1.165) is 58.8 Å². The van der Waals surface area contributed by atoms with Crippen molar-refractivity contribution in [3.05, 3.63) is 89.2 Å². The van der Waals surface area contributed by atoms with Crippen molar-refractivity contribution in [3.8, 4) is 5.75 Å². The van der Waals surface area contributed by atoms with Gasteiger partial charge in [-0.2, -0.15) is 0 Å². The second kappa shape index (κ2) is 9.95. The number of aromatic nitrogens is 2. The Kier molecular flexibility index (Phi) is 6.58. The summed E-state index contributed by atoms with van der Waals surface area (Å²) in [6.45, 7) is 8.46. The first-order valence-electron chi connectivity index (χ1n) is 12.5. The highest BCUT2D eigenvalue weighted by molar-refractivity contribution is 5.98. The van der Waals surface area contributed by atoms with E-state index >= 15 is 0 Å². The number of hydrogen-bond donors (Lipinski definition) is 0.